The summed E-state index contributed by atoms with van der Waals surface area (Å²) in [5, 5.41) is 9.39. The molecule has 6 heteroatoms. The van der Waals surface area contributed by atoms with Gasteiger partial charge in [-0.1, -0.05) is 6.07 Å². The van der Waals surface area contributed by atoms with Crippen LogP contribution in [0.5, 0.6) is 5.75 Å². The average molecular weight is 289 g/mol. The van der Waals surface area contributed by atoms with Gasteiger partial charge in [-0.25, -0.2) is 9.98 Å². The van der Waals surface area contributed by atoms with Gasteiger partial charge in [-0.15, -0.1) is 11.8 Å². The van der Waals surface area contributed by atoms with Crippen molar-refractivity contribution in [2.45, 2.75) is 5.03 Å². The van der Waals surface area contributed by atoms with E-state index in [1.165, 1.54) is 6.34 Å². The average Bonchev–Trinajstić information content (AvgIpc) is 2.52. The third-order valence-electron chi connectivity index (χ3n) is 2.35. The van der Waals surface area contributed by atoms with Gasteiger partial charge in [0.05, 0.1) is 17.3 Å². The Morgan fingerprint density at radius 1 is 1.25 bits per heavy atom. The molecule has 5 nitrogen and oxygen atoms in total. The number of hydroxylamine groups is 1. The lowest BCUT2D eigenvalue weighted by atomic mass is 10.3. The van der Waals surface area contributed by atoms with Gasteiger partial charge in [0, 0.05) is 11.9 Å². The third kappa shape index (κ3) is 4.91. The minimum Gasteiger partial charge on any atom is -0.493 e. The first-order valence-electron chi connectivity index (χ1n) is 6.07. The van der Waals surface area contributed by atoms with E-state index >= 15 is 0 Å². The standard InChI is InChI=1S/C14H15N3O2S/c18-17-11-16-12-4-6-13(7-5-12)19-9-10-20-14-3-1-2-8-15-14/h1-8,11,18H,9-10H2,(H,16,17). The van der Waals surface area contributed by atoms with E-state index in [4.69, 9.17) is 9.94 Å². The van der Waals surface area contributed by atoms with Crippen LogP contribution in [0.15, 0.2) is 58.7 Å². The number of nitrogens with zero attached hydrogens (tertiary/aromatic N) is 2. The van der Waals surface area contributed by atoms with Crippen LogP contribution in [0.3, 0.4) is 0 Å². The molecule has 0 aliphatic carbocycles. The van der Waals surface area contributed by atoms with Crippen molar-refractivity contribution in [3.8, 4) is 5.75 Å². The fourth-order valence-electron chi connectivity index (χ4n) is 1.47. The van der Waals surface area contributed by atoms with E-state index in [0.29, 0.717) is 6.61 Å². The van der Waals surface area contributed by atoms with Gasteiger partial charge in [-0.2, -0.15) is 0 Å². The number of rotatable bonds is 7. The first-order valence-corrected chi connectivity index (χ1v) is 7.06. The molecule has 1 aromatic carbocycles. The number of thioether (sulfide) groups is 1. The summed E-state index contributed by atoms with van der Waals surface area (Å²) in [5.74, 6) is 1.63. The Balaban J connectivity index is 1.73. The quantitative estimate of drug-likeness (QED) is 0.270. The maximum absolute atomic E-state index is 8.39. The van der Waals surface area contributed by atoms with Crippen LogP contribution in [0.2, 0.25) is 0 Å². The van der Waals surface area contributed by atoms with Crippen LogP contribution in [-0.2, 0) is 0 Å². The van der Waals surface area contributed by atoms with Crippen LogP contribution in [-0.4, -0.2) is 28.9 Å². The van der Waals surface area contributed by atoms with Crippen molar-refractivity contribution in [1.82, 2.24) is 10.5 Å². The Kier molecular flexibility index (Phi) is 5.88. The number of benzene rings is 1. The fourth-order valence-corrected chi connectivity index (χ4v) is 2.16. The number of pyridine rings is 1. The first kappa shape index (κ1) is 14.4. The van der Waals surface area contributed by atoms with Crippen LogP contribution in [0.1, 0.15) is 0 Å². The second kappa shape index (κ2) is 8.19. The number of ether oxygens (including phenoxy) is 1. The molecule has 0 saturated carbocycles. The molecule has 0 aliphatic rings. The van der Waals surface area contributed by atoms with Crippen molar-refractivity contribution in [2.24, 2.45) is 4.99 Å². The second-order valence-electron chi connectivity index (χ2n) is 3.75. The topological polar surface area (TPSA) is 66.7 Å². The van der Waals surface area contributed by atoms with E-state index in [-0.39, 0.29) is 0 Å². The third-order valence-corrected chi connectivity index (χ3v) is 3.26. The van der Waals surface area contributed by atoms with Gasteiger partial charge in [-0.05, 0) is 36.4 Å². The summed E-state index contributed by atoms with van der Waals surface area (Å²) < 4.78 is 5.62. The molecule has 0 aliphatic heterocycles. The van der Waals surface area contributed by atoms with E-state index < -0.39 is 0 Å². The Bertz CT molecular complexity index is 532. The molecule has 0 unspecified atom stereocenters. The lowest BCUT2D eigenvalue weighted by Crippen LogP contribution is -2.01. The Labute approximate surface area is 121 Å². The summed E-state index contributed by atoms with van der Waals surface area (Å²) in [7, 11) is 0. The molecule has 1 aromatic heterocycles. The van der Waals surface area contributed by atoms with E-state index in [9.17, 15) is 0 Å². The van der Waals surface area contributed by atoms with Crippen LogP contribution in [0.4, 0.5) is 5.69 Å². The number of hydrogen-bond acceptors (Lipinski definition) is 5. The summed E-state index contributed by atoms with van der Waals surface area (Å²) in [6.07, 6.45) is 2.99. The largest absolute Gasteiger partial charge is 0.493 e. The highest BCUT2D eigenvalue weighted by Crippen LogP contribution is 2.19. The van der Waals surface area contributed by atoms with E-state index in [1.54, 1.807) is 18.0 Å². The molecule has 20 heavy (non-hydrogen) atoms. The number of aliphatic imine (C=N–C) groups is 1. The normalized spacial score (nSPS) is 10.7. The zero-order valence-corrected chi connectivity index (χ0v) is 11.6. The van der Waals surface area contributed by atoms with Crippen molar-refractivity contribution in [2.75, 3.05) is 12.4 Å². The predicted octanol–water partition coefficient (Wildman–Crippen LogP) is 2.89. The number of nitrogens with one attached hydrogen (secondary N) is 1. The smallest absolute Gasteiger partial charge is 0.119 e. The van der Waals surface area contributed by atoms with Gasteiger partial charge in [0.1, 0.15) is 12.1 Å². The fraction of sp³-hybridized carbons (Fsp3) is 0.143. The Hall–Kier alpha value is -2.05. The van der Waals surface area contributed by atoms with Crippen LogP contribution in [0.25, 0.3) is 0 Å². The molecule has 0 spiro atoms. The molecule has 0 fully saturated rings. The molecule has 2 aromatic rings. The molecule has 2 N–H and O–H groups in total. The predicted molar refractivity (Wildman–Crippen MR) is 80.0 cm³/mol. The SMILES string of the molecule is ONC=Nc1ccc(OCCSc2ccccn2)cc1. The molecule has 0 saturated heterocycles. The molecular formula is C14H15N3O2S. The molecule has 0 bridgehead atoms. The highest BCUT2D eigenvalue weighted by Gasteiger charge is 1.97. The lowest BCUT2D eigenvalue weighted by Gasteiger charge is -2.05. The molecule has 2 rings (SSSR count). The number of hydrogen-bond donors (Lipinski definition) is 2. The summed E-state index contributed by atoms with van der Waals surface area (Å²) in [6.45, 7) is 0.613. The van der Waals surface area contributed by atoms with Gasteiger partial charge in [-0.3, -0.25) is 10.7 Å². The van der Waals surface area contributed by atoms with Crippen molar-refractivity contribution in [3.05, 3.63) is 48.7 Å². The molecule has 1 heterocycles. The monoisotopic (exact) mass is 289 g/mol. The Morgan fingerprint density at radius 2 is 2.10 bits per heavy atom. The molecule has 0 radical (unpaired) electrons. The van der Waals surface area contributed by atoms with Gasteiger partial charge < -0.3 is 4.74 Å². The molecule has 0 amide bonds. The summed E-state index contributed by atoms with van der Waals surface area (Å²) in [5.41, 5.74) is 2.59. The van der Waals surface area contributed by atoms with Gasteiger partial charge in [0.15, 0.2) is 0 Å². The van der Waals surface area contributed by atoms with Crippen LogP contribution in [0, 0.1) is 0 Å². The lowest BCUT2D eigenvalue weighted by molar-refractivity contribution is 0.240. The van der Waals surface area contributed by atoms with Crippen molar-refractivity contribution in [3.63, 3.8) is 0 Å². The minimum atomic E-state index is 0.613. The zero-order chi connectivity index (χ0) is 14.0. The molecule has 0 atom stereocenters. The summed E-state index contributed by atoms with van der Waals surface area (Å²) >= 11 is 1.66. The van der Waals surface area contributed by atoms with Crippen molar-refractivity contribution in [1.29, 1.82) is 0 Å². The molecule has 104 valence electrons. The minimum absolute atomic E-state index is 0.613. The van der Waals surface area contributed by atoms with Crippen molar-refractivity contribution < 1.29 is 9.94 Å². The summed E-state index contributed by atoms with van der Waals surface area (Å²) in [6, 6.07) is 13.2. The van der Waals surface area contributed by atoms with Gasteiger partial charge in [0.25, 0.3) is 0 Å². The highest BCUT2D eigenvalue weighted by atomic mass is 32.2. The first-order chi connectivity index (χ1) is 9.88. The second-order valence-corrected chi connectivity index (χ2v) is 4.86. The van der Waals surface area contributed by atoms with E-state index in [0.717, 1.165) is 22.2 Å². The number of aromatic nitrogens is 1. The maximum Gasteiger partial charge on any atom is 0.119 e. The highest BCUT2D eigenvalue weighted by molar-refractivity contribution is 7.99. The van der Waals surface area contributed by atoms with Crippen molar-refractivity contribution >= 4 is 23.8 Å². The van der Waals surface area contributed by atoms with Gasteiger partial charge >= 0.3 is 0 Å². The maximum atomic E-state index is 8.39. The van der Waals surface area contributed by atoms with E-state index in [2.05, 4.69) is 9.98 Å². The van der Waals surface area contributed by atoms with Crippen LogP contribution < -0.4 is 10.2 Å². The summed E-state index contributed by atoms with van der Waals surface area (Å²) in [4.78, 5) is 8.18. The Morgan fingerprint density at radius 3 is 2.80 bits per heavy atom. The zero-order valence-electron chi connectivity index (χ0n) is 10.8. The van der Waals surface area contributed by atoms with E-state index in [1.807, 2.05) is 47.9 Å². The van der Waals surface area contributed by atoms with Gasteiger partial charge in [0.2, 0.25) is 0 Å². The molecular weight excluding hydrogens is 274 g/mol. The van der Waals surface area contributed by atoms with Crippen LogP contribution >= 0.6 is 11.8 Å².